The Kier molecular flexibility index (Phi) is 4.22. The van der Waals surface area contributed by atoms with Crippen molar-refractivity contribution in [3.05, 3.63) is 35.7 Å². The van der Waals surface area contributed by atoms with Crippen molar-refractivity contribution < 1.29 is 18.0 Å². The normalized spacial score (nSPS) is 11.4. The van der Waals surface area contributed by atoms with Crippen molar-refractivity contribution in [2.75, 3.05) is 5.32 Å². The molecule has 0 radical (unpaired) electrons. The van der Waals surface area contributed by atoms with Crippen LogP contribution in [0.3, 0.4) is 0 Å². The molecule has 18 heavy (non-hydrogen) atoms. The van der Waals surface area contributed by atoms with Crippen LogP contribution in [0.2, 0.25) is 0 Å². The van der Waals surface area contributed by atoms with Crippen LogP contribution in [-0.2, 0) is 19.4 Å². The molecule has 1 aromatic carbocycles. The summed E-state index contributed by atoms with van der Waals surface area (Å²) >= 11 is 0. The second-order valence-electron chi connectivity index (χ2n) is 3.46. The second-order valence-corrected chi connectivity index (χ2v) is 5.29. The first-order valence-corrected chi connectivity index (χ1v) is 6.46. The van der Waals surface area contributed by atoms with Crippen LogP contribution in [0, 0.1) is 0 Å². The van der Waals surface area contributed by atoms with E-state index in [0.717, 1.165) is 11.5 Å². The number of rotatable bonds is 4. The minimum absolute atomic E-state index is 0.00843. The van der Waals surface area contributed by atoms with Crippen molar-refractivity contribution in [1.82, 2.24) is 0 Å². The molecule has 6 nitrogen and oxygen atoms in total. The van der Waals surface area contributed by atoms with Crippen LogP contribution in [0.4, 0.5) is 5.69 Å². The van der Waals surface area contributed by atoms with Crippen molar-refractivity contribution in [2.24, 2.45) is 5.73 Å². The molecule has 7 heteroatoms. The number of anilines is 1. The topological polar surface area (TPSA) is 106 Å². The fourth-order valence-electron chi connectivity index (χ4n) is 1.17. The molecule has 0 fully saturated rings. The number of carbonyl (C=O) groups excluding carboxylic acids is 2. The van der Waals surface area contributed by atoms with Crippen LogP contribution in [0.1, 0.15) is 6.92 Å². The molecule has 0 bridgehead atoms. The minimum atomic E-state index is -3.69. The van der Waals surface area contributed by atoms with E-state index in [4.69, 9.17) is 5.73 Å². The van der Waals surface area contributed by atoms with Gasteiger partial charge in [-0.05, 0) is 24.3 Å². The Morgan fingerprint density at radius 3 is 2.22 bits per heavy atom. The molecular formula is C11H12N2O4S. The molecule has 0 saturated carbocycles. The first-order chi connectivity index (χ1) is 8.31. The standard InChI is InChI=1S/C11H12N2O4S/c1-8(14)13-9-2-4-10(5-3-9)18(16,17)7-6-11(12)15/h2-7H,1H3,(H2,12,15)(H,13,14)/b7-6+. The number of nitrogens with two attached hydrogens (primary N) is 1. The smallest absolute Gasteiger partial charge is 0.242 e. The van der Waals surface area contributed by atoms with Gasteiger partial charge in [-0.15, -0.1) is 0 Å². The van der Waals surface area contributed by atoms with Crippen LogP contribution in [0.15, 0.2) is 40.6 Å². The largest absolute Gasteiger partial charge is 0.366 e. The maximum atomic E-state index is 11.7. The summed E-state index contributed by atoms with van der Waals surface area (Å²) in [7, 11) is -3.69. The molecule has 0 spiro atoms. The van der Waals surface area contributed by atoms with E-state index in [1.165, 1.54) is 31.2 Å². The van der Waals surface area contributed by atoms with Gasteiger partial charge < -0.3 is 11.1 Å². The zero-order chi connectivity index (χ0) is 13.8. The monoisotopic (exact) mass is 268 g/mol. The third-order valence-electron chi connectivity index (χ3n) is 1.91. The van der Waals surface area contributed by atoms with Crippen LogP contribution in [0.5, 0.6) is 0 Å². The van der Waals surface area contributed by atoms with E-state index in [2.05, 4.69) is 5.32 Å². The van der Waals surface area contributed by atoms with E-state index in [1.807, 2.05) is 0 Å². The lowest BCUT2D eigenvalue weighted by Gasteiger charge is -2.03. The molecule has 1 aromatic rings. The van der Waals surface area contributed by atoms with Crippen molar-refractivity contribution in [3.63, 3.8) is 0 Å². The molecule has 0 atom stereocenters. The maximum Gasteiger partial charge on any atom is 0.242 e. The van der Waals surface area contributed by atoms with Crippen LogP contribution >= 0.6 is 0 Å². The molecule has 0 heterocycles. The van der Waals surface area contributed by atoms with E-state index in [9.17, 15) is 18.0 Å². The van der Waals surface area contributed by atoms with Crippen molar-refractivity contribution in [3.8, 4) is 0 Å². The van der Waals surface area contributed by atoms with Crippen LogP contribution in [-0.4, -0.2) is 20.2 Å². The van der Waals surface area contributed by atoms with Gasteiger partial charge in [-0.2, -0.15) is 0 Å². The minimum Gasteiger partial charge on any atom is -0.366 e. The van der Waals surface area contributed by atoms with E-state index in [1.54, 1.807) is 0 Å². The molecule has 1 rings (SSSR count). The maximum absolute atomic E-state index is 11.7. The Morgan fingerprint density at radius 1 is 1.22 bits per heavy atom. The zero-order valence-corrected chi connectivity index (χ0v) is 10.4. The van der Waals surface area contributed by atoms with Crippen LogP contribution < -0.4 is 11.1 Å². The average molecular weight is 268 g/mol. The van der Waals surface area contributed by atoms with E-state index >= 15 is 0 Å². The average Bonchev–Trinajstić information content (AvgIpc) is 2.26. The molecule has 0 aliphatic rings. The van der Waals surface area contributed by atoms with E-state index < -0.39 is 15.7 Å². The highest BCUT2D eigenvalue weighted by Crippen LogP contribution is 2.16. The summed E-state index contributed by atoms with van der Waals surface area (Å²) in [6.07, 6.45) is 0.775. The van der Waals surface area contributed by atoms with Gasteiger partial charge in [0.15, 0.2) is 9.84 Å². The van der Waals surface area contributed by atoms with E-state index in [-0.39, 0.29) is 10.8 Å². The Labute approximate surface area is 104 Å². The summed E-state index contributed by atoms with van der Waals surface area (Å²) in [6.45, 7) is 1.35. The molecular weight excluding hydrogens is 256 g/mol. The van der Waals surface area contributed by atoms with Gasteiger partial charge in [0, 0.05) is 24.1 Å². The third kappa shape index (κ3) is 4.02. The number of primary amides is 1. The van der Waals surface area contributed by atoms with Gasteiger partial charge in [0.1, 0.15) is 0 Å². The number of benzene rings is 1. The van der Waals surface area contributed by atoms with Gasteiger partial charge in [-0.1, -0.05) is 0 Å². The fourth-order valence-corrected chi connectivity index (χ4v) is 2.15. The fraction of sp³-hybridized carbons (Fsp3) is 0.0909. The quantitative estimate of drug-likeness (QED) is 0.771. The summed E-state index contributed by atoms with van der Waals surface area (Å²) in [5.41, 5.74) is 5.31. The van der Waals surface area contributed by atoms with Gasteiger partial charge in [-0.3, -0.25) is 9.59 Å². The summed E-state index contributed by atoms with van der Waals surface area (Å²) in [5, 5.41) is 3.25. The highest BCUT2D eigenvalue weighted by Gasteiger charge is 2.10. The molecule has 0 aliphatic carbocycles. The van der Waals surface area contributed by atoms with Gasteiger partial charge in [-0.25, -0.2) is 8.42 Å². The predicted octanol–water partition coefficient (Wildman–Crippen LogP) is 0.418. The number of amides is 2. The molecule has 3 N–H and O–H groups in total. The Balaban J connectivity index is 2.98. The highest BCUT2D eigenvalue weighted by atomic mass is 32.2. The molecule has 0 unspecified atom stereocenters. The number of nitrogens with one attached hydrogen (secondary N) is 1. The van der Waals surface area contributed by atoms with Gasteiger partial charge in [0.05, 0.1) is 4.90 Å². The van der Waals surface area contributed by atoms with Crippen LogP contribution in [0.25, 0.3) is 0 Å². The number of hydrogen-bond acceptors (Lipinski definition) is 4. The molecule has 96 valence electrons. The van der Waals surface area contributed by atoms with Gasteiger partial charge >= 0.3 is 0 Å². The van der Waals surface area contributed by atoms with Crippen molar-refractivity contribution in [2.45, 2.75) is 11.8 Å². The van der Waals surface area contributed by atoms with E-state index in [0.29, 0.717) is 5.69 Å². The summed E-state index contributed by atoms with van der Waals surface area (Å²) in [5.74, 6) is -1.09. The lowest BCUT2D eigenvalue weighted by atomic mass is 10.3. The summed E-state index contributed by atoms with van der Waals surface area (Å²) in [4.78, 5) is 21.3. The highest BCUT2D eigenvalue weighted by molar-refractivity contribution is 7.94. The molecule has 0 aromatic heterocycles. The summed E-state index contributed by atoms with van der Waals surface area (Å²) < 4.78 is 23.4. The van der Waals surface area contributed by atoms with Crippen molar-refractivity contribution >= 4 is 27.3 Å². The Bertz CT molecular complexity index is 588. The Hall–Kier alpha value is -2.15. The first kappa shape index (κ1) is 13.9. The number of carbonyl (C=O) groups is 2. The molecule has 0 aliphatic heterocycles. The zero-order valence-electron chi connectivity index (χ0n) is 9.58. The van der Waals surface area contributed by atoms with Gasteiger partial charge in [0.25, 0.3) is 0 Å². The number of hydrogen-bond donors (Lipinski definition) is 2. The third-order valence-corrected chi connectivity index (χ3v) is 3.34. The van der Waals surface area contributed by atoms with Crippen molar-refractivity contribution in [1.29, 1.82) is 0 Å². The first-order valence-electron chi connectivity index (χ1n) is 4.91. The molecule has 2 amide bonds. The van der Waals surface area contributed by atoms with Gasteiger partial charge in [0.2, 0.25) is 11.8 Å². The number of sulfone groups is 1. The Morgan fingerprint density at radius 2 is 1.78 bits per heavy atom. The lowest BCUT2D eigenvalue weighted by molar-refractivity contribution is -0.114. The molecule has 0 saturated heterocycles. The lowest BCUT2D eigenvalue weighted by Crippen LogP contribution is -2.08. The summed E-state index contributed by atoms with van der Waals surface area (Å²) in [6, 6.07) is 5.55. The second kappa shape index (κ2) is 5.46. The predicted molar refractivity (Wildman–Crippen MR) is 66.3 cm³/mol. The SMILES string of the molecule is CC(=O)Nc1ccc(S(=O)(=O)/C=C/C(N)=O)cc1.